The van der Waals surface area contributed by atoms with Gasteiger partial charge in [0.2, 0.25) is 5.91 Å². The van der Waals surface area contributed by atoms with Gasteiger partial charge < -0.3 is 0 Å². The third-order valence-electron chi connectivity index (χ3n) is 4.17. The van der Waals surface area contributed by atoms with Crippen LogP contribution in [0.1, 0.15) is 18.4 Å². The lowest BCUT2D eigenvalue weighted by Gasteiger charge is -2.18. The molecule has 1 fully saturated rings. The fraction of sp³-hybridized carbons (Fsp3) is 0.286. The van der Waals surface area contributed by atoms with E-state index in [1.807, 2.05) is 0 Å². The second kappa shape index (κ2) is 3.61. The van der Waals surface area contributed by atoms with E-state index in [-0.39, 0.29) is 11.6 Å². The van der Waals surface area contributed by atoms with Crippen molar-refractivity contribution in [1.82, 2.24) is 9.78 Å². The van der Waals surface area contributed by atoms with E-state index in [9.17, 15) is 9.18 Å². The molecular formula is C14H11ClFN3O. The van der Waals surface area contributed by atoms with Crippen LogP contribution in [-0.2, 0) is 17.3 Å². The van der Waals surface area contributed by atoms with Gasteiger partial charge >= 0.3 is 0 Å². The lowest BCUT2D eigenvalue weighted by atomic mass is 9.98. The van der Waals surface area contributed by atoms with Gasteiger partial charge in [-0.25, -0.2) is 4.39 Å². The summed E-state index contributed by atoms with van der Waals surface area (Å²) in [6.07, 6.45) is 3.02. The Labute approximate surface area is 119 Å². The molecule has 4 rings (SSSR count). The maximum absolute atomic E-state index is 14.3. The first-order chi connectivity index (χ1) is 9.56. The van der Waals surface area contributed by atoms with Gasteiger partial charge in [0.1, 0.15) is 11.6 Å². The Hall–Kier alpha value is -1.88. The van der Waals surface area contributed by atoms with E-state index >= 15 is 0 Å². The summed E-state index contributed by atoms with van der Waals surface area (Å²) in [4.78, 5) is 14.2. The van der Waals surface area contributed by atoms with Gasteiger partial charge in [-0.05, 0) is 25.0 Å². The highest BCUT2D eigenvalue weighted by atomic mass is 35.5. The van der Waals surface area contributed by atoms with Crippen LogP contribution in [0, 0.1) is 5.82 Å². The number of hydrogen-bond donors (Lipinski definition) is 0. The molecule has 1 spiro atoms. The predicted octanol–water partition coefficient (Wildman–Crippen LogP) is 2.92. The van der Waals surface area contributed by atoms with Gasteiger partial charge in [-0.15, -0.1) is 0 Å². The SMILES string of the molecule is Cn1nccc1N1C(=O)C2(CC2)c2c(Cl)ccc(F)c21. The molecule has 6 heteroatoms. The Kier molecular flexibility index (Phi) is 2.15. The Balaban J connectivity index is 2.03. The molecule has 4 nitrogen and oxygen atoms in total. The van der Waals surface area contributed by atoms with Crippen LogP contribution >= 0.6 is 11.6 Å². The zero-order valence-electron chi connectivity index (χ0n) is 10.7. The molecule has 1 aromatic heterocycles. The number of hydrogen-bond acceptors (Lipinski definition) is 2. The average Bonchev–Trinajstić information content (AvgIpc) is 3.04. The molecular weight excluding hydrogens is 281 g/mol. The zero-order chi connectivity index (χ0) is 14.1. The summed E-state index contributed by atoms with van der Waals surface area (Å²) in [6, 6.07) is 4.53. The number of nitrogens with zero attached hydrogens (tertiary/aromatic N) is 3. The van der Waals surface area contributed by atoms with Crippen LogP contribution in [0.25, 0.3) is 0 Å². The second-order valence-corrected chi connectivity index (χ2v) is 5.70. The zero-order valence-corrected chi connectivity index (χ0v) is 11.5. The van der Waals surface area contributed by atoms with Crippen LogP contribution in [0.4, 0.5) is 15.9 Å². The molecule has 1 aromatic carbocycles. The van der Waals surface area contributed by atoms with Crippen LogP contribution in [0.3, 0.4) is 0 Å². The Morgan fingerprint density at radius 2 is 2.10 bits per heavy atom. The van der Waals surface area contributed by atoms with Crippen molar-refractivity contribution in [3.05, 3.63) is 40.8 Å². The molecule has 2 heterocycles. The van der Waals surface area contributed by atoms with E-state index in [4.69, 9.17) is 11.6 Å². The van der Waals surface area contributed by atoms with Crippen LogP contribution in [-0.4, -0.2) is 15.7 Å². The predicted molar refractivity (Wildman–Crippen MR) is 72.7 cm³/mol. The maximum Gasteiger partial charge on any atom is 0.243 e. The number of fused-ring (bicyclic) bond motifs is 2. The van der Waals surface area contributed by atoms with E-state index in [0.29, 0.717) is 16.4 Å². The summed E-state index contributed by atoms with van der Waals surface area (Å²) in [5, 5.41) is 4.51. The van der Waals surface area contributed by atoms with Crippen LogP contribution < -0.4 is 4.90 Å². The van der Waals surface area contributed by atoms with E-state index in [0.717, 1.165) is 12.8 Å². The van der Waals surface area contributed by atoms with Crippen molar-refractivity contribution >= 4 is 29.0 Å². The quantitative estimate of drug-likeness (QED) is 0.810. The van der Waals surface area contributed by atoms with E-state index in [1.165, 1.54) is 17.0 Å². The lowest BCUT2D eigenvalue weighted by molar-refractivity contribution is -0.119. The first-order valence-electron chi connectivity index (χ1n) is 6.37. The number of carbonyl (C=O) groups is 1. The lowest BCUT2D eigenvalue weighted by Crippen LogP contribution is -2.29. The van der Waals surface area contributed by atoms with E-state index in [1.54, 1.807) is 24.0 Å². The number of anilines is 2. The summed E-state index contributed by atoms with van der Waals surface area (Å²) in [5.74, 6) is 0.0204. The number of benzene rings is 1. The topological polar surface area (TPSA) is 38.1 Å². The molecule has 0 radical (unpaired) electrons. The number of halogens is 2. The second-order valence-electron chi connectivity index (χ2n) is 5.29. The fourth-order valence-corrected chi connectivity index (χ4v) is 3.36. The molecule has 1 amide bonds. The first kappa shape index (κ1) is 11.9. The van der Waals surface area contributed by atoms with Gasteiger partial charge in [0.05, 0.1) is 17.3 Å². The molecule has 1 aliphatic carbocycles. The minimum atomic E-state index is -0.626. The van der Waals surface area contributed by atoms with Crippen LogP contribution in [0.5, 0.6) is 0 Å². The summed E-state index contributed by atoms with van der Waals surface area (Å²) < 4.78 is 15.9. The number of rotatable bonds is 1. The molecule has 2 aliphatic rings. The van der Waals surface area contributed by atoms with E-state index < -0.39 is 11.2 Å². The summed E-state index contributed by atoms with van der Waals surface area (Å²) in [7, 11) is 1.72. The third-order valence-corrected chi connectivity index (χ3v) is 4.48. The first-order valence-corrected chi connectivity index (χ1v) is 6.75. The normalized spacial score (nSPS) is 18.8. The Morgan fingerprint density at radius 1 is 1.35 bits per heavy atom. The number of carbonyl (C=O) groups excluding carboxylic acids is 1. The summed E-state index contributed by atoms with van der Waals surface area (Å²) >= 11 is 6.23. The van der Waals surface area contributed by atoms with Crippen LogP contribution in [0.15, 0.2) is 24.4 Å². The molecule has 20 heavy (non-hydrogen) atoms. The molecule has 0 unspecified atom stereocenters. The van der Waals surface area contributed by atoms with Crippen molar-refractivity contribution in [3.8, 4) is 0 Å². The van der Waals surface area contributed by atoms with Gasteiger partial charge in [0.15, 0.2) is 0 Å². The molecule has 1 aliphatic heterocycles. The monoisotopic (exact) mass is 291 g/mol. The molecule has 0 N–H and O–H groups in total. The van der Waals surface area contributed by atoms with Crippen LogP contribution in [0.2, 0.25) is 5.02 Å². The van der Waals surface area contributed by atoms with Crippen molar-refractivity contribution in [1.29, 1.82) is 0 Å². The molecule has 1 saturated carbocycles. The van der Waals surface area contributed by atoms with E-state index in [2.05, 4.69) is 5.10 Å². The van der Waals surface area contributed by atoms with Crippen molar-refractivity contribution in [2.75, 3.05) is 4.90 Å². The molecule has 0 saturated heterocycles. The summed E-state index contributed by atoms with van der Waals surface area (Å²) in [5.41, 5.74) is 0.285. The number of amides is 1. The van der Waals surface area contributed by atoms with Gasteiger partial charge in [-0.1, -0.05) is 11.6 Å². The molecule has 0 atom stereocenters. The smallest absolute Gasteiger partial charge is 0.243 e. The molecule has 102 valence electrons. The Bertz CT molecular complexity index is 751. The fourth-order valence-electron chi connectivity index (χ4n) is 3.03. The standard InChI is InChI=1S/C14H11ClFN3O/c1-18-10(4-7-17-18)19-12-9(16)3-2-8(15)11(12)14(5-6-14)13(19)20/h2-4,7H,5-6H2,1H3. The minimum Gasteiger partial charge on any atom is -0.273 e. The van der Waals surface area contributed by atoms with Gasteiger partial charge in [0.25, 0.3) is 0 Å². The van der Waals surface area contributed by atoms with Gasteiger partial charge in [-0.3, -0.25) is 14.4 Å². The van der Waals surface area contributed by atoms with Gasteiger partial charge in [0, 0.05) is 23.7 Å². The highest BCUT2D eigenvalue weighted by Gasteiger charge is 2.61. The van der Waals surface area contributed by atoms with Crippen molar-refractivity contribution in [2.45, 2.75) is 18.3 Å². The van der Waals surface area contributed by atoms with Gasteiger partial charge in [-0.2, -0.15) is 5.10 Å². The van der Waals surface area contributed by atoms with Crippen molar-refractivity contribution in [2.24, 2.45) is 7.05 Å². The number of aryl methyl sites for hydroxylation is 1. The summed E-state index contributed by atoms with van der Waals surface area (Å²) in [6.45, 7) is 0. The largest absolute Gasteiger partial charge is 0.273 e. The minimum absolute atomic E-state index is 0.108. The third kappa shape index (κ3) is 1.26. The molecule has 0 bridgehead atoms. The molecule has 2 aromatic rings. The number of aromatic nitrogens is 2. The average molecular weight is 292 g/mol. The van der Waals surface area contributed by atoms with Crippen molar-refractivity contribution < 1.29 is 9.18 Å². The highest BCUT2D eigenvalue weighted by Crippen LogP contribution is 2.61. The highest BCUT2D eigenvalue weighted by molar-refractivity contribution is 6.33. The van der Waals surface area contributed by atoms with Crippen molar-refractivity contribution in [3.63, 3.8) is 0 Å². The maximum atomic E-state index is 14.3. The Morgan fingerprint density at radius 3 is 2.70 bits per heavy atom.